The van der Waals surface area contributed by atoms with E-state index in [2.05, 4.69) is 17.2 Å². The molecule has 112 valence electrons. The maximum absolute atomic E-state index is 13.3. The van der Waals surface area contributed by atoms with Crippen molar-refractivity contribution in [3.05, 3.63) is 64.9 Å². The van der Waals surface area contributed by atoms with E-state index in [9.17, 15) is 9.18 Å². The predicted octanol–water partition coefficient (Wildman–Crippen LogP) is 3.29. The first-order valence-electron chi connectivity index (χ1n) is 6.54. The van der Waals surface area contributed by atoms with E-state index >= 15 is 0 Å². The normalized spacial score (nSPS) is 9.55. The smallest absolute Gasteiger partial charge is 0.253 e. The van der Waals surface area contributed by atoms with E-state index in [1.807, 2.05) is 0 Å². The number of amides is 1. The zero-order valence-electron chi connectivity index (χ0n) is 11.6. The second-order valence-corrected chi connectivity index (χ2v) is 4.64. The minimum absolute atomic E-state index is 0.0445. The summed E-state index contributed by atoms with van der Waals surface area (Å²) in [4.78, 5) is 11.8. The average Bonchev–Trinajstić information content (AvgIpc) is 2.52. The molecule has 0 saturated carbocycles. The third kappa shape index (κ3) is 4.51. The number of hydrogen-bond donors (Lipinski definition) is 1. The molecule has 2 aromatic carbocycles. The number of hydrogen-bond acceptors (Lipinski definition) is 2. The molecule has 0 radical (unpaired) electrons. The first kappa shape index (κ1) is 15.9. The SMILES string of the molecule is O=C(NCC#CCOc1ccccc1F)c1ccccc1Cl. The molecule has 1 amide bonds. The van der Waals surface area contributed by atoms with Crippen LogP contribution in [0.2, 0.25) is 5.02 Å². The van der Waals surface area contributed by atoms with Crippen LogP contribution in [-0.2, 0) is 0 Å². The number of carbonyl (C=O) groups is 1. The predicted molar refractivity (Wildman–Crippen MR) is 83.5 cm³/mol. The van der Waals surface area contributed by atoms with Gasteiger partial charge in [0, 0.05) is 0 Å². The molecule has 0 spiro atoms. The van der Waals surface area contributed by atoms with Crippen LogP contribution in [0.1, 0.15) is 10.4 Å². The van der Waals surface area contributed by atoms with Gasteiger partial charge >= 0.3 is 0 Å². The highest BCUT2D eigenvalue weighted by Crippen LogP contribution is 2.15. The molecular formula is C17H13ClFNO2. The van der Waals surface area contributed by atoms with Crippen LogP contribution in [0.15, 0.2) is 48.5 Å². The van der Waals surface area contributed by atoms with E-state index in [-0.39, 0.29) is 24.8 Å². The standard InChI is InChI=1S/C17H13ClFNO2/c18-14-8-2-1-7-13(14)17(21)20-11-5-6-12-22-16-10-4-3-9-15(16)19/h1-4,7-10H,11-12H2,(H,20,21). The van der Waals surface area contributed by atoms with Gasteiger partial charge < -0.3 is 10.1 Å². The molecule has 0 aliphatic rings. The van der Waals surface area contributed by atoms with Gasteiger partial charge in [-0.15, -0.1) is 0 Å². The van der Waals surface area contributed by atoms with E-state index in [4.69, 9.17) is 16.3 Å². The second-order valence-electron chi connectivity index (χ2n) is 4.24. The van der Waals surface area contributed by atoms with Crippen molar-refractivity contribution in [2.45, 2.75) is 0 Å². The van der Waals surface area contributed by atoms with Crippen LogP contribution in [0.5, 0.6) is 5.75 Å². The molecule has 0 atom stereocenters. The van der Waals surface area contributed by atoms with Crippen LogP contribution in [0.4, 0.5) is 4.39 Å². The Morgan fingerprint density at radius 1 is 1.14 bits per heavy atom. The molecule has 22 heavy (non-hydrogen) atoms. The van der Waals surface area contributed by atoms with Crippen LogP contribution in [-0.4, -0.2) is 19.1 Å². The molecule has 0 bridgehead atoms. The number of ether oxygens (including phenoxy) is 1. The Labute approximate surface area is 133 Å². The molecular weight excluding hydrogens is 305 g/mol. The molecule has 3 nitrogen and oxygen atoms in total. The van der Waals surface area contributed by atoms with E-state index in [1.54, 1.807) is 36.4 Å². The van der Waals surface area contributed by atoms with Crippen molar-refractivity contribution >= 4 is 17.5 Å². The van der Waals surface area contributed by atoms with Gasteiger partial charge in [0.05, 0.1) is 17.1 Å². The molecule has 0 aliphatic carbocycles. The van der Waals surface area contributed by atoms with Gasteiger partial charge in [0.15, 0.2) is 11.6 Å². The number of nitrogens with one attached hydrogen (secondary N) is 1. The fourth-order valence-electron chi connectivity index (χ4n) is 1.65. The van der Waals surface area contributed by atoms with E-state index in [0.717, 1.165) is 0 Å². The Kier molecular flexibility index (Phi) is 5.81. The van der Waals surface area contributed by atoms with Gasteiger partial charge in [-0.3, -0.25) is 4.79 Å². The molecule has 0 unspecified atom stereocenters. The Morgan fingerprint density at radius 2 is 1.86 bits per heavy atom. The summed E-state index contributed by atoms with van der Waals surface area (Å²) in [6, 6.07) is 12.8. The number of halogens is 2. The van der Waals surface area contributed by atoms with Gasteiger partial charge in [-0.1, -0.05) is 47.7 Å². The highest BCUT2D eigenvalue weighted by atomic mass is 35.5. The fourth-order valence-corrected chi connectivity index (χ4v) is 1.88. The minimum Gasteiger partial charge on any atom is -0.478 e. The van der Waals surface area contributed by atoms with Crippen molar-refractivity contribution in [2.75, 3.05) is 13.2 Å². The quantitative estimate of drug-likeness (QED) is 0.879. The van der Waals surface area contributed by atoms with Crippen LogP contribution < -0.4 is 10.1 Å². The number of benzene rings is 2. The summed E-state index contributed by atoms with van der Waals surface area (Å²) < 4.78 is 18.4. The summed E-state index contributed by atoms with van der Waals surface area (Å²) in [6.45, 7) is 0.202. The fraction of sp³-hybridized carbons (Fsp3) is 0.118. The molecule has 0 fully saturated rings. The van der Waals surface area contributed by atoms with Gasteiger partial charge in [-0.05, 0) is 24.3 Å². The number of carbonyl (C=O) groups excluding carboxylic acids is 1. The van der Waals surface area contributed by atoms with Crippen molar-refractivity contribution < 1.29 is 13.9 Å². The summed E-state index contributed by atoms with van der Waals surface area (Å²) in [7, 11) is 0. The average molecular weight is 318 g/mol. The minimum atomic E-state index is -0.434. The molecule has 0 heterocycles. The van der Waals surface area contributed by atoms with Crippen molar-refractivity contribution in [1.82, 2.24) is 5.32 Å². The molecule has 1 N–H and O–H groups in total. The van der Waals surface area contributed by atoms with Crippen LogP contribution in [0.25, 0.3) is 0 Å². The summed E-state index contributed by atoms with van der Waals surface area (Å²) in [5, 5.41) is 3.01. The lowest BCUT2D eigenvalue weighted by molar-refractivity contribution is 0.0959. The Bertz CT molecular complexity index is 722. The first-order valence-corrected chi connectivity index (χ1v) is 6.92. The summed E-state index contributed by atoms with van der Waals surface area (Å²) in [6.07, 6.45) is 0. The lowest BCUT2D eigenvalue weighted by Crippen LogP contribution is -2.23. The van der Waals surface area contributed by atoms with Crippen molar-refractivity contribution in [1.29, 1.82) is 0 Å². The number of rotatable bonds is 4. The summed E-state index contributed by atoms with van der Waals surface area (Å²) >= 11 is 5.91. The van der Waals surface area contributed by atoms with Crippen molar-refractivity contribution in [3.63, 3.8) is 0 Å². The zero-order valence-corrected chi connectivity index (χ0v) is 12.4. The highest BCUT2D eigenvalue weighted by Gasteiger charge is 2.07. The van der Waals surface area contributed by atoms with Gasteiger partial charge in [-0.25, -0.2) is 4.39 Å². The number of para-hydroxylation sites is 1. The lowest BCUT2D eigenvalue weighted by Gasteiger charge is -2.03. The van der Waals surface area contributed by atoms with Gasteiger partial charge in [0.2, 0.25) is 0 Å². The van der Waals surface area contributed by atoms with E-state index in [0.29, 0.717) is 10.6 Å². The Morgan fingerprint density at radius 3 is 2.64 bits per heavy atom. The van der Waals surface area contributed by atoms with E-state index in [1.165, 1.54) is 12.1 Å². The molecule has 2 aromatic rings. The first-order chi connectivity index (χ1) is 10.7. The summed E-state index contributed by atoms with van der Waals surface area (Å²) in [5.74, 6) is 4.84. The maximum Gasteiger partial charge on any atom is 0.253 e. The van der Waals surface area contributed by atoms with Crippen LogP contribution >= 0.6 is 11.6 Å². The van der Waals surface area contributed by atoms with E-state index < -0.39 is 5.82 Å². The monoisotopic (exact) mass is 317 g/mol. The Hall–Kier alpha value is -2.51. The molecule has 2 rings (SSSR count). The van der Waals surface area contributed by atoms with Gasteiger partial charge in [-0.2, -0.15) is 0 Å². The molecule has 5 heteroatoms. The summed E-state index contributed by atoms with van der Waals surface area (Å²) in [5.41, 5.74) is 0.397. The van der Waals surface area contributed by atoms with Crippen LogP contribution in [0.3, 0.4) is 0 Å². The van der Waals surface area contributed by atoms with Crippen LogP contribution in [0, 0.1) is 17.7 Å². The molecule has 0 saturated heterocycles. The topological polar surface area (TPSA) is 38.3 Å². The Balaban J connectivity index is 1.77. The molecule has 0 aliphatic heterocycles. The third-order valence-electron chi connectivity index (χ3n) is 2.72. The third-order valence-corrected chi connectivity index (χ3v) is 3.05. The highest BCUT2D eigenvalue weighted by molar-refractivity contribution is 6.33. The van der Waals surface area contributed by atoms with Gasteiger partial charge in [0.1, 0.15) is 6.61 Å². The lowest BCUT2D eigenvalue weighted by atomic mass is 10.2. The maximum atomic E-state index is 13.3. The van der Waals surface area contributed by atoms with Crippen molar-refractivity contribution in [2.24, 2.45) is 0 Å². The van der Waals surface area contributed by atoms with Crippen molar-refractivity contribution in [3.8, 4) is 17.6 Å². The largest absolute Gasteiger partial charge is 0.478 e. The van der Waals surface area contributed by atoms with Gasteiger partial charge in [0.25, 0.3) is 5.91 Å². The second kappa shape index (κ2) is 8.06. The molecule has 0 aromatic heterocycles. The zero-order chi connectivity index (χ0) is 15.8.